The molecule has 2 fully saturated rings. The number of hydrogen-bond acceptors (Lipinski definition) is 4. The van der Waals surface area contributed by atoms with E-state index in [1.54, 1.807) is 0 Å². The highest BCUT2D eigenvalue weighted by Crippen LogP contribution is 2.21. The van der Waals surface area contributed by atoms with Gasteiger partial charge in [0.1, 0.15) is 0 Å². The Labute approximate surface area is 129 Å². The summed E-state index contributed by atoms with van der Waals surface area (Å²) in [7, 11) is 1.98. The van der Waals surface area contributed by atoms with Crippen LogP contribution < -0.4 is 5.32 Å². The molecular formula is C16H31N3O2. The van der Waals surface area contributed by atoms with E-state index < -0.39 is 0 Å². The SMILES string of the molecule is CCCN1CCC(N(C)C(=O)C2COCC2NCC)CC1. The zero-order valence-corrected chi connectivity index (χ0v) is 13.8. The predicted octanol–water partition coefficient (Wildman–Crippen LogP) is 0.944. The van der Waals surface area contributed by atoms with Crippen molar-refractivity contribution in [3.63, 3.8) is 0 Å². The van der Waals surface area contributed by atoms with Crippen LogP contribution in [0.1, 0.15) is 33.1 Å². The van der Waals surface area contributed by atoms with Gasteiger partial charge < -0.3 is 19.9 Å². The molecule has 2 aliphatic rings. The van der Waals surface area contributed by atoms with Gasteiger partial charge in [-0.1, -0.05) is 13.8 Å². The molecule has 2 rings (SSSR count). The fourth-order valence-corrected chi connectivity index (χ4v) is 3.55. The van der Waals surface area contributed by atoms with Gasteiger partial charge in [0.25, 0.3) is 0 Å². The summed E-state index contributed by atoms with van der Waals surface area (Å²) in [4.78, 5) is 17.2. The second kappa shape index (κ2) is 8.11. The molecule has 1 amide bonds. The summed E-state index contributed by atoms with van der Waals surface area (Å²) in [6.45, 7) is 9.83. The van der Waals surface area contributed by atoms with Crippen LogP contribution in [0, 0.1) is 5.92 Å². The number of amides is 1. The predicted molar refractivity (Wildman–Crippen MR) is 84.3 cm³/mol. The van der Waals surface area contributed by atoms with Crippen LogP contribution >= 0.6 is 0 Å². The van der Waals surface area contributed by atoms with Crippen molar-refractivity contribution in [3.8, 4) is 0 Å². The topological polar surface area (TPSA) is 44.8 Å². The third-order valence-corrected chi connectivity index (χ3v) is 4.86. The van der Waals surface area contributed by atoms with Gasteiger partial charge in [-0.25, -0.2) is 0 Å². The monoisotopic (exact) mass is 297 g/mol. The van der Waals surface area contributed by atoms with Gasteiger partial charge in [-0.15, -0.1) is 0 Å². The Morgan fingerprint density at radius 2 is 2.00 bits per heavy atom. The number of hydrogen-bond donors (Lipinski definition) is 1. The number of carbonyl (C=O) groups is 1. The molecule has 5 nitrogen and oxygen atoms in total. The van der Waals surface area contributed by atoms with Gasteiger partial charge >= 0.3 is 0 Å². The van der Waals surface area contributed by atoms with E-state index in [0.717, 1.165) is 32.5 Å². The maximum absolute atomic E-state index is 12.7. The van der Waals surface area contributed by atoms with Crippen LogP contribution in [-0.4, -0.2) is 74.2 Å². The highest BCUT2D eigenvalue weighted by Gasteiger charge is 2.37. The molecule has 0 aromatic carbocycles. The number of likely N-dealkylation sites (N-methyl/N-ethyl adjacent to an activating group) is 1. The summed E-state index contributed by atoms with van der Waals surface area (Å²) < 4.78 is 5.51. The van der Waals surface area contributed by atoms with Crippen molar-refractivity contribution in [2.24, 2.45) is 5.92 Å². The van der Waals surface area contributed by atoms with Gasteiger partial charge in [-0.2, -0.15) is 0 Å². The van der Waals surface area contributed by atoms with Crippen LogP contribution in [-0.2, 0) is 9.53 Å². The van der Waals surface area contributed by atoms with E-state index >= 15 is 0 Å². The first-order chi connectivity index (χ1) is 10.2. The van der Waals surface area contributed by atoms with Crippen molar-refractivity contribution in [3.05, 3.63) is 0 Å². The summed E-state index contributed by atoms with van der Waals surface area (Å²) >= 11 is 0. The Balaban J connectivity index is 1.85. The maximum atomic E-state index is 12.7. The quantitative estimate of drug-likeness (QED) is 0.793. The highest BCUT2D eigenvalue weighted by molar-refractivity contribution is 5.80. The lowest BCUT2D eigenvalue weighted by Crippen LogP contribution is -2.50. The molecule has 0 saturated carbocycles. The summed E-state index contributed by atoms with van der Waals surface area (Å²) in [6.07, 6.45) is 3.41. The fourth-order valence-electron chi connectivity index (χ4n) is 3.55. The van der Waals surface area contributed by atoms with Crippen molar-refractivity contribution in [1.82, 2.24) is 15.1 Å². The summed E-state index contributed by atoms with van der Waals surface area (Å²) in [5, 5.41) is 3.38. The standard InChI is InChI=1S/C16H31N3O2/c1-4-8-19-9-6-13(7-10-19)18(3)16(20)14-11-21-12-15(14)17-5-2/h13-15,17H,4-12H2,1-3H3. The molecule has 2 aliphatic heterocycles. The van der Waals surface area contributed by atoms with Crippen LogP contribution in [0.2, 0.25) is 0 Å². The van der Waals surface area contributed by atoms with Crippen molar-refractivity contribution in [2.75, 3.05) is 46.4 Å². The summed E-state index contributed by atoms with van der Waals surface area (Å²) in [6, 6.07) is 0.582. The van der Waals surface area contributed by atoms with Crippen LogP contribution in [0.3, 0.4) is 0 Å². The van der Waals surface area contributed by atoms with Gasteiger partial charge in [-0.3, -0.25) is 4.79 Å². The Morgan fingerprint density at radius 1 is 1.29 bits per heavy atom. The molecule has 2 unspecified atom stereocenters. The lowest BCUT2D eigenvalue weighted by Gasteiger charge is -2.38. The Morgan fingerprint density at radius 3 is 2.62 bits per heavy atom. The first-order valence-electron chi connectivity index (χ1n) is 8.47. The lowest BCUT2D eigenvalue weighted by atomic mass is 9.98. The first kappa shape index (κ1) is 16.7. The Hall–Kier alpha value is -0.650. The average molecular weight is 297 g/mol. The minimum Gasteiger partial charge on any atom is -0.379 e. The summed E-state index contributed by atoms with van der Waals surface area (Å²) in [5.74, 6) is 0.246. The lowest BCUT2D eigenvalue weighted by molar-refractivity contribution is -0.137. The second-order valence-corrected chi connectivity index (χ2v) is 6.33. The van der Waals surface area contributed by atoms with Crippen LogP contribution in [0.4, 0.5) is 0 Å². The van der Waals surface area contributed by atoms with Crippen molar-refractivity contribution >= 4 is 5.91 Å². The van der Waals surface area contributed by atoms with Crippen molar-refractivity contribution in [1.29, 1.82) is 0 Å². The minimum absolute atomic E-state index is 0.0105. The largest absolute Gasteiger partial charge is 0.379 e. The third-order valence-electron chi connectivity index (χ3n) is 4.86. The minimum atomic E-state index is -0.0105. The smallest absolute Gasteiger partial charge is 0.229 e. The van der Waals surface area contributed by atoms with Gasteiger partial charge in [0, 0.05) is 32.2 Å². The van der Waals surface area contributed by atoms with E-state index in [0.29, 0.717) is 19.3 Å². The van der Waals surface area contributed by atoms with E-state index in [2.05, 4.69) is 24.1 Å². The molecule has 0 bridgehead atoms. The zero-order valence-electron chi connectivity index (χ0n) is 13.8. The number of nitrogens with zero attached hydrogens (tertiary/aromatic N) is 2. The molecule has 2 heterocycles. The normalized spacial score (nSPS) is 28.0. The van der Waals surface area contributed by atoms with Crippen molar-refractivity contribution < 1.29 is 9.53 Å². The van der Waals surface area contributed by atoms with E-state index in [-0.39, 0.29) is 17.9 Å². The Kier molecular flexibility index (Phi) is 6.45. The van der Waals surface area contributed by atoms with E-state index in [9.17, 15) is 4.79 Å². The number of rotatable bonds is 6. The third kappa shape index (κ3) is 4.18. The molecule has 1 N–H and O–H groups in total. The molecular weight excluding hydrogens is 266 g/mol. The molecule has 122 valence electrons. The van der Waals surface area contributed by atoms with E-state index in [1.807, 2.05) is 11.9 Å². The molecule has 0 radical (unpaired) electrons. The second-order valence-electron chi connectivity index (χ2n) is 6.33. The van der Waals surface area contributed by atoms with Crippen LogP contribution in [0.5, 0.6) is 0 Å². The van der Waals surface area contributed by atoms with Gasteiger partial charge in [0.05, 0.1) is 19.1 Å². The number of likely N-dealkylation sites (tertiary alicyclic amines) is 1. The molecule has 5 heteroatoms. The number of ether oxygens (including phenoxy) is 1. The van der Waals surface area contributed by atoms with Gasteiger partial charge in [0.2, 0.25) is 5.91 Å². The van der Waals surface area contributed by atoms with Crippen LogP contribution in [0.15, 0.2) is 0 Å². The number of carbonyl (C=O) groups excluding carboxylic acids is 1. The van der Waals surface area contributed by atoms with Gasteiger partial charge in [0.15, 0.2) is 0 Å². The van der Waals surface area contributed by atoms with E-state index in [1.165, 1.54) is 13.0 Å². The number of nitrogens with one attached hydrogen (secondary N) is 1. The zero-order chi connectivity index (χ0) is 15.2. The van der Waals surface area contributed by atoms with E-state index in [4.69, 9.17) is 4.74 Å². The maximum Gasteiger partial charge on any atom is 0.229 e. The highest BCUT2D eigenvalue weighted by atomic mass is 16.5. The molecule has 0 spiro atoms. The molecule has 0 aromatic heterocycles. The molecule has 0 aromatic rings. The Bertz CT molecular complexity index is 329. The van der Waals surface area contributed by atoms with Gasteiger partial charge in [-0.05, 0) is 32.4 Å². The fraction of sp³-hybridized carbons (Fsp3) is 0.938. The summed E-state index contributed by atoms with van der Waals surface area (Å²) in [5.41, 5.74) is 0. The first-order valence-corrected chi connectivity index (χ1v) is 8.47. The van der Waals surface area contributed by atoms with Crippen molar-refractivity contribution in [2.45, 2.75) is 45.2 Å². The molecule has 2 atom stereocenters. The average Bonchev–Trinajstić information content (AvgIpc) is 2.95. The van der Waals surface area contributed by atoms with Crippen LogP contribution in [0.25, 0.3) is 0 Å². The molecule has 21 heavy (non-hydrogen) atoms. The number of piperidine rings is 1. The molecule has 0 aliphatic carbocycles. The molecule has 2 saturated heterocycles.